The largest absolute Gasteiger partial charge is 0.310 e. The van der Waals surface area contributed by atoms with Crippen molar-refractivity contribution in [1.29, 1.82) is 0 Å². The molecule has 0 heterocycles. The van der Waals surface area contributed by atoms with Crippen LogP contribution in [0.15, 0.2) is 133 Å². The average Bonchev–Trinajstić information content (AvgIpc) is 3.52. The van der Waals surface area contributed by atoms with E-state index in [0.717, 1.165) is 11.8 Å². The Morgan fingerprint density at radius 1 is 0.458 bits per heavy atom. The first-order valence-electron chi connectivity index (χ1n) is 22.8. The van der Waals surface area contributed by atoms with Gasteiger partial charge in [-0.05, 0) is 182 Å². The van der Waals surface area contributed by atoms with E-state index in [2.05, 4.69) is 187 Å². The lowest BCUT2D eigenvalue weighted by Gasteiger charge is -2.61. The predicted molar refractivity (Wildman–Crippen MR) is 249 cm³/mol. The molecule has 4 fully saturated rings. The molecule has 0 aromatic heterocycles. The molecule has 0 atom stereocenters. The smallest absolute Gasteiger partial charge is 0.0471 e. The molecule has 4 bridgehead atoms. The summed E-state index contributed by atoms with van der Waals surface area (Å²) in [6, 6.07) is 52.3. The SMILES string of the molecule is CC(C)(C)c1ccc(-c2cc(N(c3ccc(-c4ccccc4)cc3)c3ccc4c(c3)C(C)(C)CCC4(C)C)cc3c2-c2ccccc2C32C3CC4CC(C3)CC2C4)cc1. The molecule has 6 aromatic rings. The molecule has 0 unspecified atom stereocenters. The lowest BCUT2D eigenvalue weighted by Crippen LogP contribution is -2.55. The van der Waals surface area contributed by atoms with E-state index in [1.807, 2.05) is 0 Å². The van der Waals surface area contributed by atoms with Crippen LogP contribution in [0.1, 0.15) is 121 Å². The second-order valence-electron chi connectivity index (χ2n) is 21.7. The lowest BCUT2D eigenvalue weighted by atomic mass is 9.43. The van der Waals surface area contributed by atoms with E-state index in [9.17, 15) is 0 Å². The zero-order valence-corrected chi connectivity index (χ0v) is 36.4. The zero-order chi connectivity index (χ0) is 40.5. The van der Waals surface area contributed by atoms with Gasteiger partial charge in [0.05, 0.1) is 0 Å². The third-order valence-electron chi connectivity index (χ3n) is 16.3. The van der Waals surface area contributed by atoms with Gasteiger partial charge in [-0.15, -0.1) is 0 Å². The third kappa shape index (κ3) is 5.70. The summed E-state index contributed by atoms with van der Waals surface area (Å²) in [5, 5.41) is 0. The first-order valence-corrected chi connectivity index (χ1v) is 22.8. The molecule has 6 aliphatic carbocycles. The number of nitrogens with zero attached hydrogens (tertiary/aromatic N) is 1. The molecule has 298 valence electrons. The average molecular weight is 772 g/mol. The van der Waals surface area contributed by atoms with Gasteiger partial charge in [0.2, 0.25) is 0 Å². The first kappa shape index (κ1) is 37.1. The monoisotopic (exact) mass is 771 g/mol. The van der Waals surface area contributed by atoms with Crippen LogP contribution in [0.3, 0.4) is 0 Å². The number of anilines is 3. The molecule has 1 spiro atoms. The second-order valence-corrected chi connectivity index (χ2v) is 21.7. The summed E-state index contributed by atoms with van der Waals surface area (Å²) in [7, 11) is 0. The number of hydrogen-bond acceptors (Lipinski definition) is 1. The van der Waals surface area contributed by atoms with Crippen molar-refractivity contribution in [2.75, 3.05) is 4.90 Å². The molecule has 1 heteroatoms. The van der Waals surface area contributed by atoms with Crippen molar-refractivity contribution in [3.05, 3.63) is 161 Å². The Morgan fingerprint density at radius 3 is 1.68 bits per heavy atom. The summed E-state index contributed by atoms with van der Waals surface area (Å²) in [6.45, 7) is 16.8. The Morgan fingerprint density at radius 2 is 1.02 bits per heavy atom. The minimum absolute atomic E-state index is 0.0557. The normalized spacial score (nSPS) is 25.4. The van der Waals surface area contributed by atoms with Crippen LogP contribution in [0.5, 0.6) is 0 Å². The molecule has 12 rings (SSSR count). The van der Waals surface area contributed by atoms with Gasteiger partial charge in [0.15, 0.2) is 0 Å². The Hall–Kier alpha value is -4.88. The number of fused-ring (bicyclic) bond motifs is 4. The van der Waals surface area contributed by atoms with E-state index in [-0.39, 0.29) is 21.7 Å². The van der Waals surface area contributed by atoms with Crippen LogP contribution in [-0.4, -0.2) is 0 Å². The highest BCUT2D eigenvalue weighted by Gasteiger charge is 2.62. The van der Waals surface area contributed by atoms with E-state index in [1.165, 1.54) is 112 Å². The fourth-order valence-corrected chi connectivity index (χ4v) is 13.4. The Kier molecular flexibility index (Phi) is 8.22. The van der Waals surface area contributed by atoms with Crippen molar-refractivity contribution in [3.63, 3.8) is 0 Å². The van der Waals surface area contributed by atoms with Crippen LogP contribution >= 0.6 is 0 Å². The van der Waals surface area contributed by atoms with Crippen LogP contribution in [0.25, 0.3) is 33.4 Å². The molecule has 0 amide bonds. The number of benzene rings is 6. The number of hydrogen-bond donors (Lipinski definition) is 0. The van der Waals surface area contributed by atoms with Gasteiger partial charge in [0.1, 0.15) is 0 Å². The standard InChI is InChI=1S/C58H61N/c1-55(2,3)42-21-17-41(18-22-42)49-34-47(36-53-54(49)48-15-11-12-16-50(48)58(53)43-30-37-29-38(32-43)33-44(58)31-37)59(45-23-19-40(20-24-45)39-13-9-8-10-14-39)46-25-26-51-52(35-46)57(6,7)28-27-56(51,4)5/h8-26,34-38,43-44H,27-33H2,1-7H3. The fraction of sp³-hybridized carbons (Fsp3) is 0.379. The summed E-state index contributed by atoms with van der Waals surface area (Å²) >= 11 is 0. The van der Waals surface area contributed by atoms with Crippen molar-refractivity contribution >= 4 is 17.1 Å². The zero-order valence-electron chi connectivity index (χ0n) is 36.4. The summed E-state index contributed by atoms with van der Waals surface area (Å²) < 4.78 is 0. The fourth-order valence-electron chi connectivity index (χ4n) is 13.4. The van der Waals surface area contributed by atoms with Crippen LogP contribution in [-0.2, 0) is 21.7 Å². The molecule has 0 aliphatic heterocycles. The minimum Gasteiger partial charge on any atom is -0.310 e. The van der Waals surface area contributed by atoms with Crippen LogP contribution < -0.4 is 4.90 Å². The van der Waals surface area contributed by atoms with E-state index in [4.69, 9.17) is 0 Å². The van der Waals surface area contributed by atoms with Crippen molar-refractivity contribution in [2.45, 2.75) is 115 Å². The molecule has 6 aliphatic rings. The van der Waals surface area contributed by atoms with Crippen molar-refractivity contribution < 1.29 is 0 Å². The van der Waals surface area contributed by atoms with Gasteiger partial charge in [-0.3, -0.25) is 0 Å². The van der Waals surface area contributed by atoms with E-state index < -0.39 is 0 Å². The van der Waals surface area contributed by atoms with Crippen molar-refractivity contribution in [3.8, 4) is 33.4 Å². The molecule has 0 radical (unpaired) electrons. The van der Waals surface area contributed by atoms with Gasteiger partial charge >= 0.3 is 0 Å². The predicted octanol–water partition coefficient (Wildman–Crippen LogP) is 15.9. The first-order chi connectivity index (χ1) is 28.3. The topological polar surface area (TPSA) is 3.24 Å². The molecule has 4 saturated carbocycles. The van der Waals surface area contributed by atoms with E-state index in [0.29, 0.717) is 11.8 Å². The van der Waals surface area contributed by atoms with Gasteiger partial charge < -0.3 is 4.90 Å². The second kappa shape index (κ2) is 13.1. The Bertz CT molecular complexity index is 2550. The van der Waals surface area contributed by atoms with Gasteiger partial charge in [-0.1, -0.05) is 146 Å². The molecule has 6 aromatic carbocycles. The number of rotatable bonds is 5. The van der Waals surface area contributed by atoms with E-state index in [1.54, 1.807) is 11.1 Å². The molecule has 0 saturated heterocycles. The van der Waals surface area contributed by atoms with Gasteiger partial charge in [0, 0.05) is 22.5 Å². The van der Waals surface area contributed by atoms with Gasteiger partial charge in [-0.2, -0.15) is 0 Å². The Labute approximate surface area is 353 Å². The maximum atomic E-state index is 2.70. The van der Waals surface area contributed by atoms with Crippen LogP contribution in [0, 0.1) is 23.7 Å². The summed E-state index contributed by atoms with van der Waals surface area (Å²) in [4.78, 5) is 2.62. The van der Waals surface area contributed by atoms with Gasteiger partial charge in [-0.25, -0.2) is 0 Å². The maximum Gasteiger partial charge on any atom is 0.0471 e. The van der Waals surface area contributed by atoms with Gasteiger partial charge in [0.25, 0.3) is 0 Å². The highest BCUT2D eigenvalue weighted by Crippen LogP contribution is 2.70. The highest BCUT2D eigenvalue weighted by atomic mass is 15.1. The molecular formula is C58H61N. The summed E-state index contributed by atoms with van der Waals surface area (Å²) in [5.74, 6) is 3.18. The Balaban J connectivity index is 1.18. The highest BCUT2D eigenvalue weighted by molar-refractivity contribution is 5.97. The quantitative estimate of drug-likeness (QED) is 0.169. The lowest BCUT2D eigenvalue weighted by molar-refractivity contribution is -0.0399. The summed E-state index contributed by atoms with van der Waals surface area (Å²) in [5.41, 5.74) is 19.9. The van der Waals surface area contributed by atoms with Crippen LogP contribution in [0.4, 0.5) is 17.1 Å². The summed E-state index contributed by atoms with van der Waals surface area (Å²) in [6.07, 6.45) is 9.37. The molecule has 59 heavy (non-hydrogen) atoms. The van der Waals surface area contributed by atoms with E-state index >= 15 is 0 Å². The molecular weight excluding hydrogens is 711 g/mol. The minimum atomic E-state index is 0.0557. The van der Waals surface area contributed by atoms with Crippen LogP contribution in [0.2, 0.25) is 0 Å². The molecule has 0 N–H and O–H groups in total. The third-order valence-corrected chi connectivity index (χ3v) is 16.3. The van der Waals surface area contributed by atoms with Crippen molar-refractivity contribution in [2.24, 2.45) is 23.7 Å². The molecule has 1 nitrogen and oxygen atoms in total. The van der Waals surface area contributed by atoms with Crippen molar-refractivity contribution in [1.82, 2.24) is 0 Å². The maximum absolute atomic E-state index is 2.70.